The Kier molecular flexibility index (Phi) is 6.72. The summed E-state index contributed by atoms with van der Waals surface area (Å²) in [7, 11) is 0. The Morgan fingerprint density at radius 2 is 1.66 bits per heavy atom. The van der Waals surface area contributed by atoms with Gasteiger partial charge in [-0.1, -0.05) is 48.5 Å². The maximum atomic E-state index is 13.1. The van der Waals surface area contributed by atoms with Gasteiger partial charge < -0.3 is 25.2 Å². The van der Waals surface area contributed by atoms with Crippen LogP contribution in [0.15, 0.2) is 48.5 Å². The number of ether oxygens (including phenoxy) is 2. The lowest BCUT2D eigenvalue weighted by Gasteiger charge is -2.32. The summed E-state index contributed by atoms with van der Waals surface area (Å²) in [6.07, 6.45) is 1.57. The minimum absolute atomic E-state index is 0.0552. The number of amides is 2. The predicted molar refractivity (Wildman–Crippen MR) is 128 cm³/mol. The molecule has 35 heavy (non-hydrogen) atoms. The number of carbonyl (C=O) groups excluding carboxylic acids is 2. The SMILES string of the molecule is O=C(O)CC1COCCC1NC(=O)C(NC(=O)OCC1c2ccccc2-c2ccccc21)C1CC1. The molecule has 3 unspecified atom stereocenters. The van der Waals surface area contributed by atoms with Gasteiger partial charge in [-0.05, 0) is 47.4 Å². The average molecular weight is 479 g/mol. The molecule has 0 bridgehead atoms. The summed E-state index contributed by atoms with van der Waals surface area (Å²) < 4.78 is 11.0. The van der Waals surface area contributed by atoms with E-state index in [0.29, 0.717) is 19.6 Å². The fourth-order valence-electron chi connectivity index (χ4n) is 5.28. The second-order valence-corrected chi connectivity index (χ2v) is 9.62. The van der Waals surface area contributed by atoms with Gasteiger partial charge in [0.15, 0.2) is 0 Å². The zero-order chi connectivity index (χ0) is 24.4. The third-order valence-electron chi connectivity index (χ3n) is 7.23. The van der Waals surface area contributed by atoms with E-state index < -0.39 is 18.1 Å². The normalized spacial score (nSPS) is 21.9. The highest BCUT2D eigenvalue weighted by Gasteiger charge is 2.40. The van der Waals surface area contributed by atoms with E-state index in [1.807, 2.05) is 24.3 Å². The second-order valence-electron chi connectivity index (χ2n) is 9.62. The van der Waals surface area contributed by atoms with Crippen molar-refractivity contribution in [2.75, 3.05) is 19.8 Å². The fourth-order valence-corrected chi connectivity index (χ4v) is 5.28. The van der Waals surface area contributed by atoms with Crippen molar-refractivity contribution in [1.82, 2.24) is 10.6 Å². The number of hydrogen-bond acceptors (Lipinski definition) is 5. The van der Waals surface area contributed by atoms with Crippen molar-refractivity contribution >= 4 is 18.0 Å². The van der Waals surface area contributed by atoms with E-state index in [1.54, 1.807) is 0 Å². The quantitative estimate of drug-likeness (QED) is 0.537. The Labute approximate surface area is 204 Å². The highest BCUT2D eigenvalue weighted by atomic mass is 16.5. The Balaban J connectivity index is 1.21. The summed E-state index contributed by atoms with van der Waals surface area (Å²) in [5.74, 6) is -1.49. The van der Waals surface area contributed by atoms with Crippen LogP contribution in [0.4, 0.5) is 4.79 Å². The van der Waals surface area contributed by atoms with Crippen LogP contribution in [-0.2, 0) is 19.1 Å². The lowest BCUT2D eigenvalue weighted by Crippen LogP contribution is -2.54. The molecule has 2 aliphatic carbocycles. The Morgan fingerprint density at radius 3 is 2.29 bits per heavy atom. The maximum Gasteiger partial charge on any atom is 0.407 e. The molecule has 1 saturated carbocycles. The van der Waals surface area contributed by atoms with Crippen molar-refractivity contribution in [3.63, 3.8) is 0 Å². The van der Waals surface area contributed by atoms with Crippen LogP contribution in [0, 0.1) is 11.8 Å². The van der Waals surface area contributed by atoms with E-state index in [-0.39, 0.29) is 42.7 Å². The third-order valence-corrected chi connectivity index (χ3v) is 7.23. The van der Waals surface area contributed by atoms with Crippen molar-refractivity contribution in [2.45, 2.75) is 43.7 Å². The molecular weight excluding hydrogens is 448 g/mol. The van der Waals surface area contributed by atoms with E-state index in [2.05, 4.69) is 34.9 Å². The summed E-state index contributed by atoms with van der Waals surface area (Å²) in [6, 6.07) is 15.3. The van der Waals surface area contributed by atoms with Gasteiger partial charge in [0.05, 0.1) is 13.0 Å². The molecule has 3 N–H and O–H groups in total. The number of carbonyl (C=O) groups is 3. The minimum atomic E-state index is -0.921. The maximum absolute atomic E-state index is 13.1. The largest absolute Gasteiger partial charge is 0.481 e. The summed E-state index contributed by atoms with van der Waals surface area (Å²) in [5.41, 5.74) is 4.56. The first-order chi connectivity index (χ1) is 17.0. The summed E-state index contributed by atoms with van der Waals surface area (Å²) in [6.45, 7) is 0.944. The van der Waals surface area contributed by atoms with Crippen molar-refractivity contribution in [3.05, 3.63) is 59.7 Å². The monoisotopic (exact) mass is 478 g/mol. The molecule has 0 radical (unpaired) electrons. The highest BCUT2D eigenvalue weighted by Crippen LogP contribution is 2.44. The van der Waals surface area contributed by atoms with Gasteiger partial charge >= 0.3 is 12.1 Å². The topological polar surface area (TPSA) is 114 Å². The first-order valence-electron chi connectivity index (χ1n) is 12.2. The number of fused-ring (bicyclic) bond motifs is 3. The number of nitrogens with one attached hydrogen (secondary N) is 2. The van der Waals surface area contributed by atoms with E-state index in [0.717, 1.165) is 35.1 Å². The van der Waals surface area contributed by atoms with Crippen LogP contribution in [-0.4, -0.2) is 55.0 Å². The van der Waals surface area contributed by atoms with E-state index in [4.69, 9.17) is 9.47 Å². The first kappa shape index (κ1) is 23.4. The molecule has 3 atom stereocenters. The van der Waals surface area contributed by atoms with Gasteiger partial charge in [0.2, 0.25) is 5.91 Å². The Morgan fingerprint density at radius 1 is 1.00 bits per heavy atom. The lowest BCUT2D eigenvalue weighted by atomic mass is 9.92. The van der Waals surface area contributed by atoms with Gasteiger partial charge in [0.25, 0.3) is 0 Å². The van der Waals surface area contributed by atoms with Crippen molar-refractivity contribution in [3.8, 4) is 11.1 Å². The molecule has 0 aromatic heterocycles. The molecule has 8 heteroatoms. The van der Waals surface area contributed by atoms with Crippen LogP contribution in [0.5, 0.6) is 0 Å². The molecule has 5 rings (SSSR count). The molecule has 8 nitrogen and oxygen atoms in total. The Hall–Kier alpha value is -3.39. The predicted octanol–water partition coefficient (Wildman–Crippen LogP) is 3.30. The van der Waals surface area contributed by atoms with Gasteiger partial charge in [0, 0.05) is 24.5 Å². The first-order valence-corrected chi connectivity index (χ1v) is 12.2. The van der Waals surface area contributed by atoms with Gasteiger partial charge in [0.1, 0.15) is 12.6 Å². The van der Waals surface area contributed by atoms with Crippen LogP contribution in [0.1, 0.15) is 42.7 Å². The number of rotatable bonds is 8. The minimum Gasteiger partial charge on any atom is -0.481 e. The van der Waals surface area contributed by atoms with Crippen LogP contribution in [0.3, 0.4) is 0 Å². The molecule has 0 spiro atoms. The molecular formula is C27H30N2O6. The molecule has 2 fully saturated rings. The molecule has 2 aromatic carbocycles. The molecule has 2 aromatic rings. The second kappa shape index (κ2) is 10.1. The molecule has 1 heterocycles. The number of carboxylic acid groups (broad SMARTS) is 1. The number of benzene rings is 2. The van der Waals surface area contributed by atoms with Gasteiger partial charge in [-0.15, -0.1) is 0 Å². The molecule has 1 aliphatic heterocycles. The van der Waals surface area contributed by atoms with Crippen molar-refractivity contribution < 1.29 is 29.0 Å². The summed E-state index contributed by atoms with van der Waals surface area (Å²) >= 11 is 0. The Bertz CT molecular complexity index is 1070. The lowest BCUT2D eigenvalue weighted by molar-refractivity contribution is -0.140. The zero-order valence-corrected chi connectivity index (χ0v) is 19.4. The van der Waals surface area contributed by atoms with Crippen LogP contribution in [0.2, 0.25) is 0 Å². The average Bonchev–Trinajstić information content (AvgIpc) is 3.64. The van der Waals surface area contributed by atoms with Gasteiger partial charge in [-0.2, -0.15) is 0 Å². The van der Waals surface area contributed by atoms with Crippen molar-refractivity contribution in [2.24, 2.45) is 11.8 Å². The van der Waals surface area contributed by atoms with Crippen LogP contribution >= 0.6 is 0 Å². The third kappa shape index (κ3) is 5.17. The number of carboxylic acids is 1. The van der Waals surface area contributed by atoms with E-state index in [9.17, 15) is 19.5 Å². The standard InChI is InChI=1S/C27H30N2O6/c30-24(31)13-17-14-34-12-11-23(17)28-26(32)25(16-9-10-16)29-27(33)35-15-22-20-7-3-1-5-18(20)19-6-2-4-8-21(19)22/h1-8,16-17,22-23,25H,9-15H2,(H,28,32)(H,29,33)(H,30,31). The fraction of sp³-hybridized carbons (Fsp3) is 0.444. The van der Waals surface area contributed by atoms with E-state index >= 15 is 0 Å². The van der Waals surface area contributed by atoms with Crippen LogP contribution in [0.25, 0.3) is 11.1 Å². The zero-order valence-electron chi connectivity index (χ0n) is 19.4. The van der Waals surface area contributed by atoms with Gasteiger partial charge in [-0.3, -0.25) is 9.59 Å². The number of hydrogen-bond donors (Lipinski definition) is 3. The van der Waals surface area contributed by atoms with E-state index in [1.165, 1.54) is 0 Å². The molecule has 1 saturated heterocycles. The smallest absolute Gasteiger partial charge is 0.407 e. The highest BCUT2D eigenvalue weighted by molar-refractivity contribution is 5.86. The van der Waals surface area contributed by atoms with Gasteiger partial charge in [-0.25, -0.2) is 4.79 Å². The molecule has 184 valence electrons. The summed E-state index contributed by atoms with van der Waals surface area (Å²) in [4.78, 5) is 37.0. The molecule has 3 aliphatic rings. The molecule has 2 amide bonds. The van der Waals surface area contributed by atoms with Crippen LogP contribution < -0.4 is 10.6 Å². The number of aliphatic carboxylic acids is 1. The van der Waals surface area contributed by atoms with Crippen molar-refractivity contribution in [1.29, 1.82) is 0 Å². The summed E-state index contributed by atoms with van der Waals surface area (Å²) in [5, 5.41) is 14.9. The number of alkyl carbamates (subject to hydrolysis) is 1.